The Bertz CT molecular complexity index is 1130. The van der Waals surface area contributed by atoms with Crippen molar-refractivity contribution in [3.05, 3.63) is 71.4 Å². The number of aromatic nitrogens is 1. The first-order valence-corrected chi connectivity index (χ1v) is 10.4. The van der Waals surface area contributed by atoms with Crippen molar-refractivity contribution >= 4 is 11.7 Å². The molecule has 2 aliphatic rings. The third-order valence-corrected chi connectivity index (χ3v) is 6.11. The van der Waals surface area contributed by atoms with Gasteiger partial charge in [0.05, 0.1) is 5.41 Å². The first-order chi connectivity index (χ1) is 14.6. The maximum atomic E-state index is 13.1. The summed E-state index contributed by atoms with van der Waals surface area (Å²) in [5.74, 6) is 2.00. The fourth-order valence-electron chi connectivity index (χ4n) is 4.06. The normalized spacial score (nSPS) is 15.7. The first kappa shape index (κ1) is 18.7. The van der Waals surface area contributed by atoms with Crippen LogP contribution in [-0.4, -0.2) is 17.7 Å². The van der Waals surface area contributed by atoms with Gasteiger partial charge in [0.1, 0.15) is 5.82 Å². The highest BCUT2D eigenvalue weighted by atomic mass is 16.7. The topological polar surface area (TPSA) is 60.5 Å². The molecule has 0 unspecified atom stereocenters. The minimum Gasteiger partial charge on any atom is -0.454 e. The molecule has 1 saturated carbocycles. The Labute approximate surface area is 179 Å². The fraction of sp³-hybridized carbons (Fsp3) is 0.280. The van der Waals surface area contributed by atoms with Gasteiger partial charge in [0.2, 0.25) is 12.7 Å². The van der Waals surface area contributed by atoms with Crippen LogP contribution in [0.4, 0.5) is 5.82 Å². The number of ether oxygens (including phenoxy) is 2. The van der Waals surface area contributed by atoms with Gasteiger partial charge in [0, 0.05) is 14.1 Å². The lowest BCUT2D eigenvalue weighted by Gasteiger charge is -2.16. The Balaban J connectivity index is 0.00000144. The van der Waals surface area contributed by atoms with Crippen LogP contribution in [0.15, 0.2) is 54.6 Å². The maximum absolute atomic E-state index is 13.1. The zero-order valence-corrected chi connectivity index (χ0v) is 17.2. The van der Waals surface area contributed by atoms with Crippen molar-refractivity contribution in [3.8, 4) is 22.6 Å². The summed E-state index contributed by atoms with van der Waals surface area (Å²) in [7, 11) is 0. The number of aryl methyl sites for hydroxylation is 2. The summed E-state index contributed by atoms with van der Waals surface area (Å²) in [6.45, 7) is 4.35. The number of amides is 1. The smallest absolute Gasteiger partial charge is 0.236 e. The Kier molecular flexibility index (Phi) is 4.46. The molecule has 30 heavy (non-hydrogen) atoms. The zero-order chi connectivity index (χ0) is 20.7. The van der Waals surface area contributed by atoms with Crippen molar-refractivity contribution in [2.75, 3.05) is 12.1 Å². The van der Waals surface area contributed by atoms with Gasteiger partial charge < -0.3 is 14.8 Å². The number of benzene rings is 2. The molecule has 1 amide bonds. The molecule has 0 spiro atoms. The van der Waals surface area contributed by atoms with Gasteiger partial charge in [-0.3, -0.25) is 4.79 Å². The predicted octanol–water partition coefficient (Wildman–Crippen LogP) is 5.51. The summed E-state index contributed by atoms with van der Waals surface area (Å²) in [5, 5.41) is 3.03. The number of fused-ring (bicyclic) bond motifs is 1. The monoisotopic (exact) mass is 404 g/mol. The summed E-state index contributed by atoms with van der Waals surface area (Å²) in [6.07, 6.45) is 2.66. The number of rotatable bonds is 5. The second-order valence-corrected chi connectivity index (χ2v) is 7.98. The van der Waals surface area contributed by atoms with Crippen LogP contribution in [0, 0.1) is 6.92 Å². The molecule has 1 aliphatic carbocycles. The molecule has 156 valence electrons. The van der Waals surface area contributed by atoms with E-state index in [1.165, 1.54) is 5.56 Å². The van der Waals surface area contributed by atoms with E-state index in [1.54, 1.807) is 0 Å². The second-order valence-electron chi connectivity index (χ2n) is 7.98. The van der Waals surface area contributed by atoms with Gasteiger partial charge in [0.15, 0.2) is 11.5 Å². The molecular formula is C25H28N2O3. The van der Waals surface area contributed by atoms with Crippen molar-refractivity contribution in [2.45, 2.75) is 38.5 Å². The highest BCUT2D eigenvalue weighted by Crippen LogP contribution is 2.51. The average molecular weight is 405 g/mol. The van der Waals surface area contributed by atoms with E-state index in [0.29, 0.717) is 11.6 Å². The zero-order valence-electron chi connectivity index (χ0n) is 17.2. The maximum Gasteiger partial charge on any atom is 0.236 e. The van der Waals surface area contributed by atoms with Crippen LogP contribution in [0.5, 0.6) is 11.5 Å². The molecule has 2 aromatic carbocycles. The number of hydrogen-bond acceptors (Lipinski definition) is 4. The molecule has 1 aromatic heterocycles. The van der Waals surface area contributed by atoms with E-state index in [-0.39, 0.29) is 15.6 Å². The Morgan fingerprint density at radius 1 is 1.07 bits per heavy atom. The number of hydrogen-bond donors (Lipinski definition) is 1. The molecular weight excluding hydrogens is 376 g/mol. The molecule has 1 N–H and O–H groups in total. The second kappa shape index (κ2) is 7.17. The van der Waals surface area contributed by atoms with Crippen LogP contribution < -0.4 is 14.8 Å². The van der Waals surface area contributed by atoms with Crippen molar-refractivity contribution in [1.82, 2.24) is 4.98 Å². The molecule has 5 nitrogen and oxygen atoms in total. The van der Waals surface area contributed by atoms with Gasteiger partial charge in [-0.25, -0.2) is 4.98 Å². The number of nitrogens with one attached hydrogen (secondary N) is 1. The Morgan fingerprint density at radius 3 is 2.53 bits per heavy atom. The lowest BCUT2D eigenvalue weighted by molar-refractivity contribution is -0.118. The van der Waals surface area contributed by atoms with Crippen LogP contribution in [-0.2, 0) is 16.6 Å². The van der Waals surface area contributed by atoms with Gasteiger partial charge in [0.25, 0.3) is 0 Å². The van der Waals surface area contributed by atoms with Crippen LogP contribution in [0.2, 0.25) is 0 Å². The van der Waals surface area contributed by atoms with E-state index in [9.17, 15) is 4.79 Å². The molecule has 0 radical (unpaired) electrons. The lowest BCUT2D eigenvalue weighted by Crippen LogP contribution is -2.28. The summed E-state index contributed by atoms with van der Waals surface area (Å²) in [6, 6.07) is 18.2. The van der Waals surface area contributed by atoms with E-state index in [2.05, 4.69) is 41.5 Å². The Hall–Kier alpha value is -3.34. The largest absolute Gasteiger partial charge is 0.454 e. The molecule has 5 rings (SSSR count). The molecule has 0 saturated heterocycles. The van der Waals surface area contributed by atoms with E-state index < -0.39 is 5.41 Å². The van der Waals surface area contributed by atoms with Crippen molar-refractivity contribution < 1.29 is 17.1 Å². The standard InChI is InChI=1S/C25H24N2O3.2H2/c1-3-17-4-6-18(7-5-17)20-9-11-23(26-16(20)2)27-24(28)25(12-13-25)19-8-10-21-22(14-19)30-15-29-21;;/h4-11,14H,3,12-13,15H2,1-2H3,(H,26,27,28);2*1H. The highest BCUT2D eigenvalue weighted by Gasteiger charge is 2.51. The third kappa shape index (κ3) is 3.20. The van der Waals surface area contributed by atoms with Gasteiger partial charge in [-0.2, -0.15) is 0 Å². The third-order valence-electron chi connectivity index (χ3n) is 6.11. The van der Waals surface area contributed by atoms with Gasteiger partial charge in [-0.15, -0.1) is 0 Å². The van der Waals surface area contributed by atoms with E-state index in [1.807, 2.05) is 37.3 Å². The number of carbonyl (C=O) groups excluding carboxylic acids is 1. The molecule has 0 atom stereocenters. The van der Waals surface area contributed by atoms with Gasteiger partial charge >= 0.3 is 0 Å². The summed E-state index contributed by atoms with van der Waals surface area (Å²) in [5.41, 5.74) is 4.87. The van der Waals surface area contributed by atoms with Crippen LogP contribution in [0.3, 0.4) is 0 Å². The highest BCUT2D eigenvalue weighted by molar-refractivity contribution is 6.01. The molecule has 5 heteroatoms. The van der Waals surface area contributed by atoms with E-state index >= 15 is 0 Å². The number of carbonyl (C=O) groups is 1. The van der Waals surface area contributed by atoms with Crippen molar-refractivity contribution in [1.29, 1.82) is 0 Å². The molecule has 0 bridgehead atoms. The minimum absolute atomic E-state index is 0. The van der Waals surface area contributed by atoms with Crippen LogP contribution in [0.25, 0.3) is 11.1 Å². The SMILES string of the molecule is CCc1ccc(-c2ccc(NC(=O)C3(c4ccc5c(c4)OCO5)CC3)nc2C)cc1.[HH].[HH]. The molecule has 3 aromatic rings. The van der Waals surface area contributed by atoms with E-state index in [0.717, 1.165) is 47.4 Å². The first-order valence-electron chi connectivity index (χ1n) is 10.4. The Morgan fingerprint density at radius 2 is 1.83 bits per heavy atom. The van der Waals surface area contributed by atoms with Gasteiger partial charge in [-0.05, 0) is 67.1 Å². The van der Waals surface area contributed by atoms with Gasteiger partial charge in [-0.1, -0.05) is 37.3 Å². The summed E-state index contributed by atoms with van der Waals surface area (Å²) >= 11 is 0. The van der Waals surface area contributed by atoms with Crippen molar-refractivity contribution in [2.24, 2.45) is 0 Å². The number of nitrogens with zero attached hydrogens (tertiary/aromatic N) is 1. The number of pyridine rings is 1. The number of anilines is 1. The van der Waals surface area contributed by atoms with Crippen LogP contribution in [0.1, 0.15) is 39.4 Å². The summed E-state index contributed by atoms with van der Waals surface area (Å²) in [4.78, 5) is 17.8. The quantitative estimate of drug-likeness (QED) is 0.609. The molecule has 2 heterocycles. The average Bonchev–Trinajstić information content (AvgIpc) is 3.45. The van der Waals surface area contributed by atoms with Crippen LogP contribution >= 0.6 is 0 Å². The lowest BCUT2D eigenvalue weighted by atomic mass is 9.94. The molecule has 1 fully saturated rings. The minimum atomic E-state index is -0.509. The summed E-state index contributed by atoms with van der Waals surface area (Å²) < 4.78 is 10.9. The van der Waals surface area contributed by atoms with Crippen molar-refractivity contribution in [3.63, 3.8) is 0 Å². The predicted molar refractivity (Wildman–Crippen MR) is 120 cm³/mol. The molecule has 1 aliphatic heterocycles. The fourth-order valence-corrected chi connectivity index (χ4v) is 4.06. The van der Waals surface area contributed by atoms with E-state index in [4.69, 9.17) is 9.47 Å².